The van der Waals surface area contributed by atoms with Gasteiger partial charge < -0.3 is 4.74 Å². The minimum absolute atomic E-state index is 0.553. The Balaban J connectivity index is 2.69. The molecule has 14 heavy (non-hydrogen) atoms. The summed E-state index contributed by atoms with van der Waals surface area (Å²) in [5.74, 6) is 5.96. The van der Waals surface area contributed by atoms with Crippen LogP contribution in [0.5, 0.6) is 5.75 Å². The van der Waals surface area contributed by atoms with E-state index in [2.05, 4.69) is 5.43 Å². The fourth-order valence-corrected chi connectivity index (χ4v) is 1.33. The van der Waals surface area contributed by atoms with Crippen molar-refractivity contribution in [2.75, 3.05) is 13.2 Å². The first-order valence-electron chi connectivity index (χ1n) is 4.48. The lowest BCUT2D eigenvalue weighted by Gasteiger charge is -2.09. The maximum Gasteiger partial charge on any atom is 0.119 e. The molecule has 0 amide bonds. The van der Waals surface area contributed by atoms with Crippen molar-refractivity contribution in [3.63, 3.8) is 0 Å². The highest BCUT2D eigenvalue weighted by atomic mass is 35.5. The molecule has 0 heterocycles. The van der Waals surface area contributed by atoms with Gasteiger partial charge in [-0.2, -0.15) is 0 Å². The summed E-state index contributed by atoms with van der Waals surface area (Å²) in [5.41, 5.74) is 4.59. The summed E-state index contributed by atoms with van der Waals surface area (Å²) in [4.78, 5) is 0. The van der Waals surface area contributed by atoms with Crippen molar-refractivity contribution < 1.29 is 4.74 Å². The number of ether oxygens (including phenoxy) is 1. The van der Waals surface area contributed by atoms with Gasteiger partial charge >= 0.3 is 0 Å². The second-order valence-electron chi connectivity index (χ2n) is 3.17. The molecule has 0 atom stereocenters. The first kappa shape index (κ1) is 11.3. The van der Waals surface area contributed by atoms with Gasteiger partial charge in [-0.05, 0) is 37.1 Å². The van der Waals surface area contributed by atoms with Crippen molar-refractivity contribution in [2.24, 2.45) is 5.84 Å². The molecular formula is C10H15ClN2O. The largest absolute Gasteiger partial charge is 0.492 e. The van der Waals surface area contributed by atoms with Crippen molar-refractivity contribution in [2.45, 2.75) is 13.8 Å². The number of nitrogens with one attached hydrogen (secondary N) is 1. The van der Waals surface area contributed by atoms with E-state index in [9.17, 15) is 0 Å². The molecule has 0 aliphatic rings. The van der Waals surface area contributed by atoms with Crippen LogP contribution in [-0.4, -0.2) is 13.2 Å². The number of halogens is 1. The Morgan fingerprint density at radius 2 is 1.93 bits per heavy atom. The normalized spacial score (nSPS) is 10.3. The summed E-state index contributed by atoms with van der Waals surface area (Å²) in [7, 11) is 0. The highest BCUT2D eigenvalue weighted by molar-refractivity contribution is 6.32. The molecule has 1 rings (SSSR count). The van der Waals surface area contributed by atoms with Crippen LogP contribution in [0, 0.1) is 13.8 Å². The molecule has 0 saturated heterocycles. The third-order valence-electron chi connectivity index (χ3n) is 1.93. The number of aryl methyl sites for hydroxylation is 2. The molecule has 0 aliphatic heterocycles. The molecule has 0 spiro atoms. The van der Waals surface area contributed by atoms with Crippen LogP contribution in [0.25, 0.3) is 0 Å². The average molecular weight is 215 g/mol. The minimum Gasteiger partial charge on any atom is -0.492 e. The van der Waals surface area contributed by atoms with Gasteiger partial charge in [-0.3, -0.25) is 11.3 Å². The third kappa shape index (κ3) is 2.87. The molecule has 4 heteroatoms. The van der Waals surface area contributed by atoms with Crippen LogP contribution >= 0.6 is 11.6 Å². The van der Waals surface area contributed by atoms with E-state index in [0.717, 1.165) is 21.9 Å². The Hall–Kier alpha value is -0.770. The van der Waals surface area contributed by atoms with Gasteiger partial charge in [0.05, 0.1) is 0 Å². The summed E-state index contributed by atoms with van der Waals surface area (Å²) in [6.45, 7) is 5.10. The lowest BCUT2D eigenvalue weighted by atomic mass is 10.1. The van der Waals surface area contributed by atoms with Crippen molar-refractivity contribution in [3.05, 3.63) is 28.3 Å². The van der Waals surface area contributed by atoms with Gasteiger partial charge in [-0.25, -0.2) is 0 Å². The zero-order chi connectivity index (χ0) is 10.6. The van der Waals surface area contributed by atoms with Gasteiger partial charge in [0.25, 0.3) is 0 Å². The van der Waals surface area contributed by atoms with E-state index in [-0.39, 0.29) is 0 Å². The van der Waals surface area contributed by atoms with Gasteiger partial charge in [-0.15, -0.1) is 0 Å². The molecule has 0 radical (unpaired) electrons. The van der Waals surface area contributed by atoms with Crippen LogP contribution < -0.4 is 16.0 Å². The second kappa shape index (κ2) is 5.20. The van der Waals surface area contributed by atoms with Crippen molar-refractivity contribution in [1.29, 1.82) is 0 Å². The Bertz CT molecular complexity index is 292. The fourth-order valence-electron chi connectivity index (χ4n) is 1.22. The molecule has 0 bridgehead atoms. The number of nitrogens with two attached hydrogens (primary N) is 1. The minimum atomic E-state index is 0.553. The van der Waals surface area contributed by atoms with Crippen LogP contribution in [0.1, 0.15) is 11.1 Å². The summed E-state index contributed by atoms with van der Waals surface area (Å²) in [5, 5.41) is 0.800. The molecule has 0 fully saturated rings. The third-order valence-corrected chi connectivity index (χ3v) is 2.52. The Labute approximate surface area is 89.2 Å². The SMILES string of the molecule is Cc1cc(OCCNN)cc(C)c1Cl. The lowest BCUT2D eigenvalue weighted by molar-refractivity contribution is 0.315. The molecule has 0 aliphatic carbocycles. The molecule has 3 nitrogen and oxygen atoms in total. The topological polar surface area (TPSA) is 47.3 Å². The molecule has 0 unspecified atom stereocenters. The van der Waals surface area contributed by atoms with E-state index in [1.807, 2.05) is 26.0 Å². The van der Waals surface area contributed by atoms with E-state index < -0.39 is 0 Å². The number of rotatable bonds is 4. The number of benzene rings is 1. The Morgan fingerprint density at radius 3 is 2.43 bits per heavy atom. The standard InChI is InChI=1S/C10H15ClN2O/c1-7-5-9(14-4-3-13-12)6-8(2)10(7)11/h5-6,13H,3-4,12H2,1-2H3. The first-order chi connectivity index (χ1) is 6.65. The number of hydrogen-bond acceptors (Lipinski definition) is 3. The van der Waals surface area contributed by atoms with Crippen molar-refractivity contribution in [1.82, 2.24) is 5.43 Å². The molecule has 3 N–H and O–H groups in total. The summed E-state index contributed by atoms with van der Waals surface area (Å²) >= 11 is 6.02. The van der Waals surface area contributed by atoms with Gasteiger partial charge in [-0.1, -0.05) is 11.6 Å². The van der Waals surface area contributed by atoms with Crippen LogP contribution in [0.4, 0.5) is 0 Å². The smallest absolute Gasteiger partial charge is 0.119 e. The molecule has 0 aromatic heterocycles. The van der Waals surface area contributed by atoms with Gasteiger partial charge in [0.15, 0.2) is 0 Å². The number of hydrogen-bond donors (Lipinski definition) is 2. The predicted octanol–water partition coefficient (Wildman–Crippen LogP) is 1.80. The lowest BCUT2D eigenvalue weighted by Crippen LogP contribution is -2.27. The zero-order valence-electron chi connectivity index (χ0n) is 8.43. The van der Waals surface area contributed by atoms with Crippen LogP contribution in [0.2, 0.25) is 5.02 Å². The first-order valence-corrected chi connectivity index (χ1v) is 4.86. The summed E-state index contributed by atoms with van der Waals surface area (Å²) < 4.78 is 5.46. The van der Waals surface area contributed by atoms with Crippen molar-refractivity contribution in [3.8, 4) is 5.75 Å². The van der Waals surface area contributed by atoms with E-state index >= 15 is 0 Å². The molecular weight excluding hydrogens is 200 g/mol. The molecule has 0 saturated carbocycles. The highest BCUT2D eigenvalue weighted by Gasteiger charge is 2.02. The van der Waals surface area contributed by atoms with Crippen LogP contribution in [-0.2, 0) is 0 Å². The van der Waals surface area contributed by atoms with Gasteiger partial charge in [0, 0.05) is 11.6 Å². The molecule has 1 aromatic rings. The predicted molar refractivity (Wildman–Crippen MR) is 58.6 cm³/mol. The average Bonchev–Trinajstić information content (AvgIpc) is 2.14. The van der Waals surface area contributed by atoms with Crippen LogP contribution in [0.15, 0.2) is 12.1 Å². The summed E-state index contributed by atoms with van der Waals surface area (Å²) in [6, 6.07) is 3.84. The Kier molecular flexibility index (Phi) is 4.20. The quantitative estimate of drug-likeness (QED) is 0.457. The maximum absolute atomic E-state index is 6.02. The molecule has 1 aromatic carbocycles. The van der Waals surface area contributed by atoms with E-state index in [1.54, 1.807) is 0 Å². The van der Waals surface area contributed by atoms with Gasteiger partial charge in [0.2, 0.25) is 0 Å². The monoisotopic (exact) mass is 214 g/mol. The van der Waals surface area contributed by atoms with E-state index in [0.29, 0.717) is 13.2 Å². The van der Waals surface area contributed by atoms with E-state index in [1.165, 1.54) is 0 Å². The van der Waals surface area contributed by atoms with Crippen molar-refractivity contribution >= 4 is 11.6 Å². The number of hydrazine groups is 1. The fraction of sp³-hybridized carbons (Fsp3) is 0.400. The Morgan fingerprint density at radius 1 is 1.36 bits per heavy atom. The molecule has 78 valence electrons. The highest BCUT2D eigenvalue weighted by Crippen LogP contribution is 2.25. The summed E-state index contributed by atoms with van der Waals surface area (Å²) in [6.07, 6.45) is 0. The van der Waals surface area contributed by atoms with Crippen LogP contribution in [0.3, 0.4) is 0 Å². The maximum atomic E-state index is 6.02. The van der Waals surface area contributed by atoms with Gasteiger partial charge in [0.1, 0.15) is 12.4 Å². The zero-order valence-corrected chi connectivity index (χ0v) is 9.19. The second-order valence-corrected chi connectivity index (χ2v) is 3.55. The van der Waals surface area contributed by atoms with E-state index in [4.69, 9.17) is 22.2 Å².